The quantitative estimate of drug-likeness (QED) is 0.854. The second-order valence-corrected chi connectivity index (χ2v) is 7.31. The summed E-state index contributed by atoms with van der Waals surface area (Å²) in [4.78, 5) is 15.3. The van der Waals surface area contributed by atoms with Crippen LogP contribution in [0.2, 0.25) is 0 Å². The molecule has 0 bridgehead atoms. The Morgan fingerprint density at radius 2 is 2.35 bits per heavy atom. The van der Waals surface area contributed by atoms with E-state index in [0.717, 1.165) is 44.8 Å². The highest BCUT2D eigenvalue weighted by Gasteiger charge is 2.48. The van der Waals surface area contributed by atoms with E-state index in [9.17, 15) is 0 Å². The Morgan fingerprint density at radius 1 is 1.43 bits per heavy atom. The fraction of sp³-hybridized carbons (Fsp3) is 0.562. The molecular formula is C16H20N4O2S. The average Bonchev–Trinajstić information content (AvgIpc) is 2.99. The van der Waals surface area contributed by atoms with Crippen molar-refractivity contribution in [1.82, 2.24) is 19.9 Å². The van der Waals surface area contributed by atoms with Crippen molar-refractivity contribution in [2.45, 2.75) is 38.0 Å². The Labute approximate surface area is 139 Å². The molecule has 122 valence electrons. The number of aryl methyl sites for hydroxylation is 1. The minimum atomic E-state index is -0.0581. The molecule has 2 aromatic rings. The Hall–Kier alpha value is -1.57. The van der Waals surface area contributed by atoms with Gasteiger partial charge in [-0.15, -0.1) is 11.3 Å². The zero-order chi connectivity index (χ0) is 15.7. The van der Waals surface area contributed by atoms with Crippen LogP contribution in [0.1, 0.15) is 23.5 Å². The fourth-order valence-corrected chi connectivity index (χ4v) is 4.03. The van der Waals surface area contributed by atoms with Gasteiger partial charge in [0.1, 0.15) is 11.1 Å². The monoisotopic (exact) mass is 332 g/mol. The molecule has 4 rings (SSSR count). The second kappa shape index (κ2) is 6.14. The third-order valence-electron chi connectivity index (χ3n) is 4.33. The van der Waals surface area contributed by atoms with Gasteiger partial charge < -0.3 is 9.47 Å². The molecule has 0 aromatic carbocycles. The summed E-state index contributed by atoms with van der Waals surface area (Å²) >= 11 is 1.71. The van der Waals surface area contributed by atoms with Gasteiger partial charge in [-0.2, -0.15) is 0 Å². The fourth-order valence-electron chi connectivity index (χ4n) is 3.37. The first-order valence-electron chi connectivity index (χ1n) is 7.91. The van der Waals surface area contributed by atoms with E-state index in [-0.39, 0.29) is 11.7 Å². The molecule has 4 heterocycles. The van der Waals surface area contributed by atoms with E-state index in [1.54, 1.807) is 23.7 Å². The zero-order valence-electron chi connectivity index (χ0n) is 13.1. The molecule has 0 radical (unpaired) electrons. The summed E-state index contributed by atoms with van der Waals surface area (Å²) in [5.41, 5.74) is 0.819. The van der Waals surface area contributed by atoms with Gasteiger partial charge in [0.25, 0.3) is 0 Å². The molecule has 1 atom stereocenters. The van der Waals surface area contributed by atoms with Crippen LogP contribution in [-0.2, 0) is 11.3 Å². The van der Waals surface area contributed by atoms with Crippen molar-refractivity contribution in [2.75, 3.05) is 19.7 Å². The lowest BCUT2D eigenvalue weighted by Crippen LogP contribution is -2.65. The normalized spacial score (nSPS) is 23.6. The van der Waals surface area contributed by atoms with Crippen molar-refractivity contribution in [2.24, 2.45) is 0 Å². The van der Waals surface area contributed by atoms with Crippen LogP contribution in [-0.4, -0.2) is 51.3 Å². The number of aromatic nitrogens is 3. The SMILES string of the molecule is Cc1cncc(O[C@@H]2CCOC3(C2)CN(Cc2nccs2)C3)n1. The minimum absolute atomic E-state index is 0.0581. The van der Waals surface area contributed by atoms with Crippen molar-refractivity contribution < 1.29 is 9.47 Å². The van der Waals surface area contributed by atoms with Crippen molar-refractivity contribution in [3.63, 3.8) is 0 Å². The number of hydrogen-bond acceptors (Lipinski definition) is 7. The van der Waals surface area contributed by atoms with E-state index in [1.165, 1.54) is 5.01 Å². The van der Waals surface area contributed by atoms with Crippen LogP contribution in [0.25, 0.3) is 0 Å². The predicted octanol–water partition coefficient (Wildman–Crippen LogP) is 2.05. The highest BCUT2D eigenvalue weighted by molar-refractivity contribution is 7.09. The molecule has 0 amide bonds. The molecule has 6 nitrogen and oxygen atoms in total. The molecule has 0 N–H and O–H groups in total. The van der Waals surface area contributed by atoms with E-state index in [4.69, 9.17) is 9.47 Å². The minimum Gasteiger partial charge on any atom is -0.473 e. The maximum absolute atomic E-state index is 6.07. The van der Waals surface area contributed by atoms with Gasteiger partial charge in [0.05, 0.1) is 30.6 Å². The molecule has 2 saturated heterocycles. The van der Waals surface area contributed by atoms with Crippen LogP contribution in [0.5, 0.6) is 5.88 Å². The Kier molecular flexibility index (Phi) is 4.00. The van der Waals surface area contributed by atoms with Gasteiger partial charge >= 0.3 is 0 Å². The van der Waals surface area contributed by atoms with Crippen LogP contribution in [0.15, 0.2) is 24.0 Å². The summed E-state index contributed by atoms with van der Waals surface area (Å²) in [6.45, 7) is 5.48. The summed E-state index contributed by atoms with van der Waals surface area (Å²) in [7, 11) is 0. The molecular weight excluding hydrogens is 312 g/mol. The van der Waals surface area contributed by atoms with Gasteiger partial charge in [-0.1, -0.05) is 0 Å². The van der Waals surface area contributed by atoms with Gasteiger partial charge in [-0.25, -0.2) is 9.97 Å². The van der Waals surface area contributed by atoms with Crippen molar-refractivity contribution in [1.29, 1.82) is 0 Å². The number of likely N-dealkylation sites (tertiary alicyclic amines) is 1. The summed E-state index contributed by atoms with van der Waals surface area (Å²) in [5.74, 6) is 0.617. The molecule has 2 aromatic heterocycles. The molecule has 1 spiro atoms. The number of ether oxygens (including phenoxy) is 2. The van der Waals surface area contributed by atoms with Gasteiger partial charge in [-0.3, -0.25) is 9.88 Å². The lowest BCUT2D eigenvalue weighted by Gasteiger charge is -2.52. The van der Waals surface area contributed by atoms with Gasteiger partial charge in [-0.05, 0) is 6.92 Å². The summed E-state index contributed by atoms with van der Waals surface area (Å²) in [5, 5.41) is 3.19. The molecule has 0 unspecified atom stereocenters. The topological polar surface area (TPSA) is 60.4 Å². The molecule has 0 aliphatic carbocycles. The Morgan fingerprint density at radius 3 is 3.13 bits per heavy atom. The number of rotatable bonds is 4. The third kappa shape index (κ3) is 3.36. The predicted molar refractivity (Wildman–Crippen MR) is 86.5 cm³/mol. The first-order valence-corrected chi connectivity index (χ1v) is 8.79. The highest BCUT2D eigenvalue weighted by atomic mass is 32.1. The van der Waals surface area contributed by atoms with Gasteiger partial charge in [0.15, 0.2) is 0 Å². The van der Waals surface area contributed by atoms with Crippen molar-refractivity contribution in [3.8, 4) is 5.88 Å². The number of hydrogen-bond donors (Lipinski definition) is 0. The summed E-state index contributed by atoms with van der Waals surface area (Å²) in [6.07, 6.45) is 7.26. The largest absolute Gasteiger partial charge is 0.473 e. The van der Waals surface area contributed by atoms with Crippen LogP contribution < -0.4 is 4.74 Å². The summed E-state index contributed by atoms with van der Waals surface area (Å²) < 4.78 is 12.1. The highest BCUT2D eigenvalue weighted by Crippen LogP contribution is 2.36. The molecule has 23 heavy (non-hydrogen) atoms. The Balaban J connectivity index is 1.33. The summed E-state index contributed by atoms with van der Waals surface area (Å²) in [6, 6.07) is 0. The van der Waals surface area contributed by atoms with Crippen LogP contribution in [0.3, 0.4) is 0 Å². The standard InChI is InChI=1S/C16H20N4O2S/c1-12-7-17-8-14(19-12)22-13-2-4-21-16(6-13)10-20(11-16)9-15-18-3-5-23-15/h3,5,7-8,13H,2,4,6,9-11H2,1H3/t13-/m1/s1. The smallest absolute Gasteiger partial charge is 0.232 e. The van der Waals surface area contributed by atoms with Crippen LogP contribution in [0.4, 0.5) is 0 Å². The lowest BCUT2D eigenvalue weighted by atomic mass is 9.85. The van der Waals surface area contributed by atoms with Crippen molar-refractivity contribution in [3.05, 3.63) is 34.7 Å². The molecule has 2 fully saturated rings. The van der Waals surface area contributed by atoms with E-state index < -0.39 is 0 Å². The van der Waals surface area contributed by atoms with Crippen LogP contribution in [0, 0.1) is 6.92 Å². The van der Waals surface area contributed by atoms with Gasteiger partial charge in [0.2, 0.25) is 5.88 Å². The molecule has 7 heteroatoms. The second-order valence-electron chi connectivity index (χ2n) is 6.33. The zero-order valence-corrected chi connectivity index (χ0v) is 14.0. The molecule has 0 saturated carbocycles. The molecule has 2 aliphatic heterocycles. The molecule has 2 aliphatic rings. The third-order valence-corrected chi connectivity index (χ3v) is 5.10. The average molecular weight is 332 g/mol. The van der Waals surface area contributed by atoms with Crippen molar-refractivity contribution >= 4 is 11.3 Å². The Bertz CT molecular complexity index is 658. The van der Waals surface area contributed by atoms with E-state index >= 15 is 0 Å². The lowest BCUT2D eigenvalue weighted by molar-refractivity contribution is -0.188. The van der Waals surface area contributed by atoms with Crippen LogP contribution >= 0.6 is 11.3 Å². The number of nitrogens with zero attached hydrogens (tertiary/aromatic N) is 4. The van der Waals surface area contributed by atoms with E-state index in [1.807, 2.05) is 18.5 Å². The maximum Gasteiger partial charge on any atom is 0.232 e. The number of thiazole rings is 1. The van der Waals surface area contributed by atoms with E-state index in [2.05, 4.69) is 19.9 Å². The van der Waals surface area contributed by atoms with E-state index in [0.29, 0.717) is 5.88 Å². The van der Waals surface area contributed by atoms with Gasteiger partial charge in [0, 0.05) is 43.7 Å². The first kappa shape index (κ1) is 15.0. The maximum atomic E-state index is 6.07. The first-order chi connectivity index (χ1) is 11.2.